The monoisotopic (exact) mass is 993 g/mol. The number of aliphatic carboxylic acids is 3. The molecule has 0 saturated carbocycles. The third-order valence-corrected chi connectivity index (χ3v) is 11.6. The maximum atomic E-state index is 12.3. The number of rotatable bonds is 49. The number of unbranched alkanes of at least 4 members (excludes halogenated alkanes) is 11. The van der Waals surface area contributed by atoms with Crippen molar-refractivity contribution in [3.8, 4) is 0 Å². The van der Waals surface area contributed by atoms with Crippen LogP contribution in [0.15, 0.2) is 0 Å². The van der Waals surface area contributed by atoms with Crippen LogP contribution in [0.2, 0.25) is 0 Å². The first-order valence-electron chi connectivity index (χ1n) is 24.0. The molecular weight excluding hydrogens is 913 g/mol. The number of amides is 4. The largest absolute Gasteiger partial charge is 0.481 e. The number of ether oxygens (including phenoxy) is 4. The highest BCUT2D eigenvalue weighted by Gasteiger charge is 2.24. The molecule has 3 atom stereocenters. The van der Waals surface area contributed by atoms with Gasteiger partial charge in [0.25, 0.3) is 0 Å². The molecule has 0 saturated heterocycles. The van der Waals surface area contributed by atoms with Gasteiger partial charge in [0.1, 0.15) is 30.8 Å². The standard InChI is InChI=1S/C46H80N4O17S/c1-35(39(53)29-36(30-51)45(60)61)33-68-34-43(57)48-21-20-47-41(55)31-67-28-26-65-24-22-49-42(56)32-66-27-25-64-23-14-15-37(52)18-19-38(46(62)63)50-40(54)16-12-10-8-6-4-2-3-5-7-9-11-13-17-44(58)59/h35-36,38,51H,2-34H2,1H3,(H,47,55)(H,48,57)(H,49,56)(H,50,54)(H,58,59)(H,60,61)(H,62,63)/t35-,36-,38-/m0/s1. The number of thioether (sulfide) groups is 1. The summed E-state index contributed by atoms with van der Waals surface area (Å²) in [5.74, 6) is -6.12. The van der Waals surface area contributed by atoms with Crippen LogP contribution in [0.1, 0.15) is 129 Å². The van der Waals surface area contributed by atoms with E-state index >= 15 is 0 Å². The summed E-state index contributed by atoms with van der Waals surface area (Å²) in [6.45, 7) is 2.42. The van der Waals surface area contributed by atoms with E-state index in [4.69, 9.17) is 34.3 Å². The van der Waals surface area contributed by atoms with Gasteiger partial charge in [0, 0.05) is 70.0 Å². The molecule has 0 heterocycles. The Kier molecular flexibility index (Phi) is 41.3. The predicted molar refractivity (Wildman–Crippen MR) is 252 cm³/mol. The quantitative estimate of drug-likeness (QED) is 0.0406. The lowest BCUT2D eigenvalue weighted by Gasteiger charge is -2.14. The molecule has 0 rings (SSSR count). The summed E-state index contributed by atoms with van der Waals surface area (Å²) in [6, 6.07) is -1.12. The summed E-state index contributed by atoms with van der Waals surface area (Å²) in [4.78, 5) is 106. The van der Waals surface area contributed by atoms with Gasteiger partial charge in [-0.2, -0.15) is 11.8 Å². The van der Waals surface area contributed by atoms with Crippen molar-refractivity contribution in [1.29, 1.82) is 0 Å². The van der Waals surface area contributed by atoms with Gasteiger partial charge in [0.05, 0.1) is 51.3 Å². The number of hydrogen-bond acceptors (Lipinski definition) is 15. The summed E-state index contributed by atoms with van der Waals surface area (Å²) in [6.07, 6.45) is 13.1. The molecule has 0 spiro atoms. The van der Waals surface area contributed by atoms with E-state index < -0.39 is 42.4 Å². The Hall–Kier alpha value is -4.22. The zero-order valence-electron chi connectivity index (χ0n) is 40.1. The Morgan fingerprint density at radius 2 is 1.01 bits per heavy atom. The molecule has 0 aromatic carbocycles. The molecular formula is C46H80N4O17S. The van der Waals surface area contributed by atoms with Gasteiger partial charge < -0.3 is 60.6 Å². The Balaban J connectivity index is 3.71. The first kappa shape index (κ1) is 63.8. The normalized spacial score (nSPS) is 12.4. The van der Waals surface area contributed by atoms with Gasteiger partial charge in [-0.15, -0.1) is 0 Å². The summed E-state index contributed by atoms with van der Waals surface area (Å²) in [5, 5.41) is 46.6. The number of aliphatic hydroxyl groups is 1. The number of carboxylic acid groups (broad SMARTS) is 3. The molecule has 0 aliphatic rings. The summed E-state index contributed by atoms with van der Waals surface area (Å²) in [5.41, 5.74) is 0. The summed E-state index contributed by atoms with van der Waals surface area (Å²) in [7, 11) is 0. The molecule has 0 bridgehead atoms. The highest BCUT2D eigenvalue weighted by atomic mass is 32.2. The first-order valence-corrected chi connectivity index (χ1v) is 25.1. The van der Waals surface area contributed by atoms with Crippen LogP contribution in [0.25, 0.3) is 0 Å². The Morgan fingerprint density at radius 3 is 1.54 bits per heavy atom. The third-order valence-electron chi connectivity index (χ3n) is 10.4. The van der Waals surface area contributed by atoms with Gasteiger partial charge in [-0.3, -0.25) is 38.4 Å². The second-order valence-corrected chi connectivity index (χ2v) is 17.5. The summed E-state index contributed by atoms with van der Waals surface area (Å²) >= 11 is 1.22. The minimum atomic E-state index is -1.24. The van der Waals surface area contributed by atoms with Crippen LogP contribution in [0.5, 0.6) is 0 Å². The van der Waals surface area contributed by atoms with Crippen LogP contribution in [0.4, 0.5) is 0 Å². The van der Waals surface area contributed by atoms with Crippen LogP contribution in [-0.4, -0.2) is 170 Å². The topological polar surface area (TPSA) is 320 Å². The van der Waals surface area contributed by atoms with E-state index in [2.05, 4.69) is 21.3 Å². The number of hydrogen-bond donors (Lipinski definition) is 8. The van der Waals surface area contributed by atoms with Crippen molar-refractivity contribution >= 4 is 64.9 Å². The Morgan fingerprint density at radius 1 is 0.515 bits per heavy atom. The first-order chi connectivity index (χ1) is 32.7. The highest BCUT2D eigenvalue weighted by molar-refractivity contribution is 7.99. The van der Waals surface area contributed by atoms with E-state index in [0.29, 0.717) is 18.6 Å². The molecule has 22 heteroatoms. The molecule has 4 amide bonds. The van der Waals surface area contributed by atoms with Gasteiger partial charge in [0.15, 0.2) is 0 Å². The van der Waals surface area contributed by atoms with Gasteiger partial charge in [-0.25, -0.2) is 4.79 Å². The molecule has 21 nitrogen and oxygen atoms in total. The van der Waals surface area contributed by atoms with Crippen molar-refractivity contribution in [3.63, 3.8) is 0 Å². The van der Waals surface area contributed by atoms with Gasteiger partial charge in [0.2, 0.25) is 23.6 Å². The number of aliphatic hydroxyl groups excluding tert-OH is 1. The molecule has 392 valence electrons. The fourth-order valence-corrected chi connectivity index (χ4v) is 7.28. The molecule has 68 heavy (non-hydrogen) atoms. The van der Waals surface area contributed by atoms with Crippen LogP contribution in [0.3, 0.4) is 0 Å². The van der Waals surface area contributed by atoms with Crippen LogP contribution in [0, 0.1) is 11.8 Å². The van der Waals surface area contributed by atoms with E-state index in [9.17, 15) is 48.3 Å². The lowest BCUT2D eigenvalue weighted by molar-refractivity contribution is -0.145. The van der Waals surface area contributed by atoms with E-state index in [1.165, 1.54) is 24.6 Å². The average molecular weight is 993 g/mol. The van der Waals surface area contributed by atoms with E-state index in [1.807, 2.05) is 0 Å². The number of carboxylic acids is 3. The zero-order valence-corrected chi connectivity index (χ0v) is 40.9. The molecule has 0 fully saturated rings. The molecule has 0 aliphatic carbocycles. The number of nitrogens with one attached hydrogen (secondary N) is 4. The van der Waals surface area contributed by atoms with Crippen molar-refractivity contribution in [3.05, 3.63) is 0 Å². The van der Waals surface area contributed by atoms with Gasteiger partial charge in [-0.05, 0) is 25.7 Å². The zero-order chi connectivity index (χ0) is 50.6. The lowest BCUT2D eigenvalue weighted by atomic mass is 9.97. The second kappa shape index (κ2) is 44.0. The second-order valence-electron chi connectivity index (χ2n) is 16.5. The molecule has 0 radical (unpaired) electrons. The van der Waals surface area contributed by atoms with E-state index in [-0.39, 0.29) is 152 Å². The van der Waals surface area contributed by atoms with Crippen molar-refractivity contribution in [2.24, 2.45) is 11.8 Å². The lowest BCUT2D eigenvalue weighted by Crippen LogP contribution is -2.41. The van der Waals surface area contributed by atoms with Gasteiger partial charge in [-0.1, -0.05) is 71.1 Å². The molecule has 0 aromatic heterocycles. The van der Waals surface area contributed by atoms with Crippen LogP contribution >= 0.6 is 11.8 Å². The number of Topliss-reactive ketones (excluding diaryl/α,β-unsaturated/α-hetero) is 2. The van der Waals surface area contributed by atoms with Crippen LogP contribution in [-0.2, 0) is 62.1 Å². The minimum absolute atomic E-state index is 0.0138. The molecule has 0 aromatic rings. The third kappa shape index (κ3) is 40.8. The van der Waals surface area contributed by atoms with Gasteiger partial charge >= 0.3 is 17.9 Å². The number of carbonyl (C=O) groups excluding carboxylic acids is 6. The molecule has 0 unspecified atom stereocenters. The SMILES string of the molecule is C[C@@H](CSCC(=O)NCCNC(=O)COCCOCCNC(=O)COCCOCCCC(=O)CC[C@H](NC(=O)CCCCCCCCCCCCCCC(=O)O)C(=O)O)C(=O)C[C@@H](CO)C(=O)O. The maximum Gasteiger partial charge on any atom is 0.326 e. The van der Waals surface area contributed by atoms with Crippen LogP contribution < -0.4 is 21.3 Å². The molecule has 8 N–H and O–H groups in total. The maximum absolute atomic E-state index is 12.3. The minimum Gasteiger partial charge on any atom is -0.481 e. The van der Waals surface area contributed by atoms with Crippen molar-refractivity contribution < 1.29 is 82.5 Å². The van der Waals surface area contributed by atoms with Crippen molar-refractivity contribution in [1.82, 2.24) is 21.3 Å². The summed E-state index contributed by atoms with van der Waals surface area (Å²) < 4.78 is 21.4. The smallest absolute Gasteiger partial charge is 0.326 e. The number of carbonyl (C=O) groups is 9. The number of ketones is 2. The van der Waals surface area contributed by atoms with Crippen molar-refractivity contribution in [2.75, 3.05) is 90.6 Å². The Labute approximate surface area is 405 Å². The fraction of sp³-hybridized carbons (Fsp3) is 0.804. The Bertz CT molecular complexity index is 1460. The fourth-order valence-electron chi connectivity index (χ4n) is 6.34. The van der Waals surface area contributed by atoms with E-state index in [0.717, 1.165) is 57.8 Å². The predicted octanol–water partition coefficient (Wildman–Crippen LogP) is 2.67. The molecule has 0 aliphatic heterocycles. The highest BCUT2D eigenvalue weighted by Crippen LogP contribution is 2.15. The van der Waals surface area contributed by atoms with Crippen molar-refractivity contribution in [2.45, 2.75) is 135 Å². The average Bonchev–Trinajstić information content (AvgIpc) is 3.29. The van der Waals surface area contributed by atoms with E-state index in [1.54, 1.807) is 6.92 Å².